The van der Waals surface area contributed by atoms with Gasteiger partial charge in [0.2, 0.25) is 0 Å². The molecule has 0 bridgehead atoms. The number of halogens is 1. The van der Waals surface area contributed by atoms with Crippen molar-refractivity contribution in [1.29, 1.82) is 0 Å². The predicted octanol–water partition coefficient (Wildman–Crippen LogP) is 5.81. The lowest BCUT2D eigenvalue weighted by Gasteiger charge is -2.16. The molecule has 0 N–H and O–H groups in total. The third-order valence-corrected chi connectivity index (χ3v) is 4.41. The molecule has 1 atom stereocenters. The summed E-state index contributed by atoms with van der Waals surface area (Å²) in [5.74, 6) is 1.69. The van der Waals surface area contributed by atoms with Crippen molar-refractivity contribution >= 4 is 10.9 Å². The minimum absolute atomic E-state index is 0.275. The van der Waals surface area contributed by atoms with Gasteiger partial charge in [0.05, 0.1) is 23.5 Å². The van der Waals surface area contributed by atoms with Crippen LogP contribution in [0.25, 0.3) is 22.2 Å². The molecule has 3 nitrogen and oxygen atoms in total. The second-order valence-electron chi connectivity index (χ2n) is 7.35. The Hall–Kier alpha value is -2.49. The predicted molar refractivity (Wildman–Crippen MR) is 104 cm³/mol. The van der Waals surface area contributed by atoms with E-state index in [9.17, 15) is 4.39 Å². The highest BCUT2D eigenvalue weighted by molar-refractivity contribution is 5.93. The van der Waals surface area contributed by atoms with Crippen LogP contribution < -0.4 is 4.74 Å². The molecule has 4 heteroatoms. The minimum Gasteiger partial charge on any atom is -0.491 e. The molecule has 0 aliphatic rings. The summed E-state index contributed by atoms with van der Waals surface area (Å²) in [7, 11) is 0. The second-order valence-corrected chi connectivity index (χ2v) is 7.35. The topological polar surface area (TPSA) is 35.0 Å². The fourth-order valence-corrected chi connectivity index (χ4v) is 3.30. The Morgan fingerprint density at radius 2 is 1.88 bits per heavy atom. The zero-order chi connectivity index (χ0) is 18.7. The average molecular weight is 352 g/mol. The number of hydrogen-bond acceptors (Lipinski definition) is 3. The summed E-state index contributed by atoms with van der Waals surface area (Å²) in [4.78, 5) is 8.99. The van der Waals surface area contributed by atoms with E-state index < -0.39 is 0 Å². The monoisotopic (exact) mass is 352 g/mol. The third kappa shape index (κ3) is 4.18. The van der Waals surface area contributed by atoms with E-state index in [0.29, 0.717) is 18.4 Å². The van der Waals surface area contributed by atoms with Gasteiger partial charge in [-0.1, -0.05) is 20.8 Å². The van der Waals surface area contributed by atoms with Gasteiger partial charge in [0.25, 0.3) is 0 Å². The Labute approximate surface area is 154 Å². The third-order valence-electron chi connectivity index (χ3n) is 4.41. The van der Waals surface area contributed by atoms with Crippen molar-refractivity contribution in [2.75, 3.05) is 6.61 Å². The number of nitrogens with zero attached hydrogens (tertiary/aromatic N) is 2. The summed E-state index contributed by atoms with van der Waals surface area (Å²) in [5.41, 5.74) is 3.26. The van der Waals surface area contributed by atoms with E-state index in [0.717, 1.165) is 40.0 Å². The van der Waals surface area contributed by atoms with E-state index in [1.165, 1.54) is 12.1 Å². The van der Waals surface area contributed by atoms with Crippen molar-refractivity contribution in [1.82, 2.24) is 9.97 Å². The van der Waals surface area contributed by atoms with Crippen LogP contribution in [0.3, 0.4) is 0 Å². The van der Waals surface area contributed by atoms with Crippen LogP contribution in [0.1, 0.15) is 32.9 Å². The molecule has 26 heavy (non-hydrogen) atoms. The van der Waals surface area contributed by atoms with E-state index in [1.807, 2.05) is 25.1 Å². The molecule has 0 unspecified atom stereocenters. The van der Waals surface area contributed by atoms with Gasteiger partial charge in [-0.05, 0) is 61.6 Å². The van der Waals surface area contributed by atoms with Crippen LogP contribution in [0.5, 0.6) is 5.75 Å². The molecular formula is C22H25FN2O. The molecule has 2 heterocycles. The molecule has 0 aliphatic heterocycles. The summed E-state index contributed by atoms with van der Waals surface area (Å²) in [6.07, 6.45) is 2.86. The Bertz CT molecular complexity index is 908. The van der Waals surface area contributed by atoms with E-state index >= 15 is 0 Å². The van der Waals surface area contributed by atoms with Gasteiger partial charge in [-0.3, -0.25) is 4.98 Å². The molecule has 3 rings (SSSR count). The van der Waals surface area contributed by atoms with Crippen LogP contribution in [0.15, 0.2) is 42.6 Å². The maximum absolute atomic E-state index is 13.7. The first kappa shape index (κ1) is 18.3. The molecule has 136 valence electrons. The first-order valence-electron chi connectivity index (χ1n) is 9.09. The van der Waals surface area contributed by atoms with Crippen LogP contribution >= 0.6 is 0 Å². The Balaban J connectivity index is 1.85. The number of rotatable bonds is 6. The second kappa shape index (κ2) is 7.81. The smallest absolute Gasteiger partial charge is 0.140 e. The lowest BCUT2D eigenvalue weighted by atomic mass is 10.00. The summed E-state index contributed by atoms with van der Waals surface area (Å²) < 4.78 is 19.6. The van der Waals surface area contributed by atoms with Crippen molar-refractivity contribution < 1.29 is 9.13 Å². The fourth-order valence-electron chi connectivity index (χ4n) is 3.30. The number of hydrogen-bond donors (Lipinski definition) is 0. The van der Waals surface area contributed by atoms with Gasteiger partial charge in [0.1, 0.15) is 11.6 Å². The molecule has 0 spiro atoms. The van der Waals surface area contributed by atoms with Gasteiger partial charge in [-0.2, -0.15) is 0 Å². The number of aryl methyl sites for hydroxylation is 1. The lowest BCUT2D eigenvalue weighted by Crippen LogP contribution is -2.11. The van der Waals surface area contributed by atoms with Gasteiger partial charge >= 0.3 is 0 Å². The lowest BCUT2D eigenvalue weighted by molar-refractivity contribution is 0.237. The number of ether oxygens (including phenoxy) is 1. The van der Waals surface area contributed by atoms with Crippen LogP contribution in [0, 0.1) is 24.6 Å². The zero-order valence-corrected chi connectivity index (χ0v) is 15.8. The molecule has 0 amide bonds. The summed E-state index contributed by atoms with van der Waals surface area (Å²) in [6.45, 7) is 9.27. The molecule has 0 radical (unpaired) electrons. The first-order chi connectivity index (χ1) is 12.4. The van der Waals surface area contributed by atoms with E-state index in [4.69, 9.17) is 4.74 Å². The Morgan fingerprint density at radius 1 is 1.08 bits per heavy atom. The van der Waals surface area contributed by atoms with Crippen LogP contribution in [0.4, 0.5) is 4.39 Å². The van der Waals surface area contributed by atoms with E-state index in [-0.39, 0.29) is 5.82 Å². The number of benzene rings is 1. The quantitative estimate of drug-likeness (QED) is 0.562. The van der Waals surface area contributed by atoms with E-state index in [2.05, 4.69) is 30.7 Å². The summed E-state index contributed by atoms with van der Waals surface area (Å²) in [5, 5.41) is 0.763. The van der Waals surface area contributed by atoms with Crippen molar-refractivity contribution in [3.05, 3.63) is 54.1 Å². The molecule has 2 aromatic heterocycles. The van der Waals surface area contributed by atoms with Gasteiger partial charge in [-0.25, -0.2) is 9.37 Å². The van der Waals surface area contributed by atoms with Crippen LogP contribution in [-0.2, 0) is 0 Å². The average Bonchev–Trinajstić information content (AvgIpc) is 2.59. The Kier molecular flexibility index (Phi) is 5.50. The van der Waals surface area contributed by atoms with Crippen molar-refractivity contribution in [2.24, 2.45) is 11.8 Å². The van der Waals surface area contributed by atoms with Gasteiger partial charge < -0.3 is 4.74 Å². The van der Waals surface area contributed by atoms with Gasteiger partial charge in [-0.15, -0.1) is 0 Å². The maximum atomic E-state index is 13.7. The number of pyridine rings is 2. The maximum Gasteiger partial charge on any atom is 0.140 e. The fraction of sp³-hybridized carbons (Fsp3) is 0.364. The highest BCUT2D eigenvalue weighted by atomic mass is 19.1. The molecule has 0 saturated heterocycles. The molecule has 0 saturated carbocycles. The highest BCUT2D eigenvalue weighted by Crippen LogP contribution is 2.29. The van der Waals surface area contributed by atoms with Crippen LogP contribution in [-0.4, -0.2) is 16.6 Å². The van der Waals surface area contributed by atoms with Crippen molar-refractivity contribution in [2.45, 2.75) is 34.1 Å². The normalized spacial score (nSPS) is 12.5. The molecule has 0 aliphatic carbocycles. The molecule has 0 fully saturated rings. The molecular weight excluding hydrogens is 327 g/mol. The largest absolute Gasteiger partial charge is 0.491 e. The molecule has 3 aromatic rings. The van der Waals surface area contributed by atoms with Crippen LogP contribution in [0.2, 0.25) is 0 Å². The van der Waals surface area contributed by atoms with Gasteiger partial charge in [0.15, 0.2) is 0 Å². The highest BCUT2D eigenvalue weighted by Gasteiger charge is 2.11. The standard InChI is InChI=1S/C22H25FN2O/c1-14(2)11-15(3)13-26-22-8-7-21(25-16(22)4)18-9-10-24-20-6-5-17(23)12-19(18)20/h5-10,12,14-15H,11,13H2,1-4H3/t15-/m0/s1. The van der Waals surface area contributed by atoms with Gasteiger partial charge in [0, 0.05) is 17.1 Å². The zero-order valence-electron chi connectivity index (χ0n) is 15.8. The number of aromatic nitrogens is 2. The van der Waals surface area contributed by atoms with Crippen molar-refractivity contribution in [3.63, 3.8) is 0 Å². The summed E-state index contributed by atoms with van der Waals surface area (Å²) in [6, 6.07) is 10.4. The molecule has 1 aromatic carbocycles. The van der Waals surface area contributed by atoms with Crippen molar-refractivity contribution in [3.8, 4) is 17.0 Å². The SMILES string of the molecule is Cc1nc(-c2ccnc3ccc(F)cc23)ccc1OC[C@@H](C)CC(C)C. The minimum atomic E-state index is -0.275. The first-order valence-corrected chi connectivity index (χ1v) is 9.09. The van der Waals surface area contributed by atoms with E-state index in [1.54, 1.807) is 12.3 Å². The number of fused-ring (bicyclic) bond motifs is 1. The Morgan fingerprint density at radius 3 is 2.62 bits per heavy atom. The summed E-state index contributed by atoms with van der Waals surface area (Å²) >= 11 is 0.